The monoisotopic (exact) mass is 437 g/mol. The Morgan fingerprint density at radius 1 is 1.09 bits per heavy atom. The molecular formula is C26H28FNO4. The molecule has 5 aliphatic rings. The summed E-state index contributed by atoms with van der Waals surface area (Å²) in [5.41, 5.74) is 1.56. The number of halogens is 1. The standard InChI is InChI=1S/C26H28FNO4/c27-21-6-7-23-22(12-21)28(8-9-30-23)25(29)32-24-19-10-18-11-20(24)15-26(13-18,14-19)31-16-17-4-2-1-3-5-17/h1-7,12,18-20,24H,8-11,13-16H2. The molecule has 1 heterocycles. The van der Waals surface area contributed by atoms with Gasteiger partial charge in [-0.1, -0.05) is 30.3 Å². The summed E-state index contributed by atoms with van der Waals surface area (Å²) in [7, 11) is 0. The predicted octanol–water partition coefficient (Wildman–Crippen LogP) is 5.33. The summed E-state index contributed by atoms with van der Waals surface area (Å²) in [5, 5.41) is 0. The zero-order chi connectivity index (χ0) is 21.7. The van der Waals surface area contributed by atoms with Crippen molar-refractivity contribution in [3.8, 4) is 5.75 Å². The number of benzene rings is 2. The van der Waals surface area contributed by atoms with Crippen molar-refractivity contribution >= 4 is 11.8 Å². The number of amides is 1. The van der Waals surface area contributed by atoms with Crippen molar-refractivity contribution < 1.29 is 23.4 Å². The Bertz CT molecular complexity index is 996. The molecule has 32 heavy (non-hydrogen) atoms. The topological polar surface area (TPSA) is 48.0 Å². The normalized spacial score (nSPS) is 32.3. The molecule has 2 aromatic carbocycles. The van der Waals surface area contributed by atoms with E-state index in [1.807, 2.05) is 18.2 Å². The first-order chi connectivity index (χ1) is 15.6. The van der Waals surface area contributed by atoms with Gasteiger partial charge in [-0.3, -0.25) is 4.90 Å². The van der Waals surface area contributed by atoms with Gasteiger partial charge in [0.15, 0.2) is 0 Å². The number of ether oxygens (including phenoxy) is 3. The fourth-order valence-electron chi connectivity index (χ4n) is 6.64. The van der Waals surface area contributed by atoms with Crippen LogP contribution in [0, 0.1) is 23.6 Å². The van der Waals surface area contributed by atoms with Gasteiger partial charge in [-0.15, -0.1) is 0 Å². The molecule has 168 valence electrons. The highest BCUT2D eigenvalue weighted by Gasteiger charge is 2.57. The smallest absolute Gasteiger partial charge is 0.414 e. The molecule has 2 aromatic rings. The van der Waals surface area contributed by atoms with Gasteiger partial charge >= 0.3 is 6.09 Å². The second-order valence-electron chi connectivity index (χ2n) is 9.89. The SMILES string of the molecule is O=C(OC1C2CC3CC1CC(OCc1ccccc1)(C3)C2)N1CCOc2ccc(F)cc21. The highest BCUT2D eigenvalue weighted by atomic mass is 19.1. The number of anilines is 1. The average molecular weight is 438 g/mol. The number of carbonyl (C=O) groups excluding carboxylic acids is 1. The third kappa shape index (κ3) is 3.54. The van der Waals surface area contributed by atoms with Crippen molar-refractivity contribution in [3.05, 3.63) is 59.9 Å². The molecule has 4 saturated carbocycles. The molecule has 5 nitrogen and oxygen atoms in total. The molecule has 6 heteroatoms. The summed E-state index contributed by atoms with van der Waals surface area (Å²) in [4.78, 5) is 14.7. The number of hydrogen-bond donors (Lipinski definition) is 0. The molecule has 4 bridgehead atoms. The quantitative estimate of drug-likeness (QED) is 0.649. The van der Waals surface area contributed by atoms with E-state index in [1.165, 1.54) is 22.6 Å². The first kappa shape index (κ1) is 20.0. The third-order valence-corrected chi connectivity index (χ3v) is 7.76. The summed E-state index contributed by atoms with van der Waals surface area (Å²) in [5.74, 6) is 1.44. The van der Waals surface area contributed by atoms with Gasteiger partial charge in [0.05, 0.1) is 24.4 Å². The lowest BCUT2D eigenvalue weighted by molar-refractivity contribution is -0.204. The lowest BCUT2D eigenvalue weighted by atomic mass is 9.53. The van der Waals surface area contributed by atoms with E-state index in [2.05, 4.69) is 12.1 Å². The van der Waals surface area contributed by atoms with Gasteiger partial charge in [0.25, 0.3) is 0 Å². The second kappa shape index (κ2) is 7.77. The zero-order valence-corrected chi connectivity index (χ0v) is 18.0. The predicted molar refractivity (Wildman–Crippen MR) is 117 cm³/mol. The summed E-state index contributed by atoms with van der Waals surface area (Å²) >= 11 is 0. The lowest BCUT2D eigenvalue weighted by Crippen LogP contribution is -2.59. The van der Waals surface area contributed by atoms with Gasteiger partial charge in [0, 0.05) is 6.07 Å². The van der Waals surface area contributed by atoms with Crippen LogP contribution in [0.2, 0.25) is 0 Å². The first-order valence-corrected chi connectivity index (χ1v) is 11.7. The van der Waals surface area contributed by atoms with Gasteiger partial charge in [-0.25, -0.2) is 9.18 Å². The number of carbonyl (C=O) groups is 1. The minimum atomic E-state index is -0.392. The Morgan fingerprint density at radius 2 is 1.88 bits per heavy atom. The maximum Gasteiger partial charge on any atom is 0.414 e. The largest absolute Gasteiger partial charge is 0.490 e. The van der Waals surface area contributed by atoms with Crippen LogP contribution in [-0.2, 0) is 16.1 Å². The number of fused-ring (bicyclic) bond motifs is 1. The van der Waals surface area contributed by atoms with E-state index in [4.69, 9.17) is 14.2 Å². The van der Waals surface area contributed by atoms with Crippen molar-refractivity contribution in [1.29, 1.82) is 0 Å². The lowest BCUT2D eigenvalue weighted by Gasteiger charge is -2.59. The summed E-state index contributed by atoms with van der Waals surface area (Å²) < 4.78 is 32.1. The Kier molecular flexibility index (Phi) is 4.86. The Labute approximate surface area is 187 Å². The molecular weight excluding hydrogens is 409 g/mol. The van der Waals surface area contributed by atoms with Crippen molar-refractivity contribution in [1.82, 2.24) is 0 Å². The fraction of sp³-hybridized carbons (Fsp3) is 0.500. The molecule has 1 amide bonds. The first-order valence-electron chi connectivity index (χ1n) is 11.7. The number of hydrogen-bond acceptors (Lipinski definition) is 4. The Balaban J connectivity index is 1.16. The highest BCUT2D eigenvalue weighted by molar-refractivity contribution is 5.90. The molecule has 1 aliphatic heterocycles. The van der Waals surface area contributed by atoms with Crippen LogP contribution in [0.5, 0.6) is 5.75 Å². The summed E-state index contributed by atoms with van der Waals surface area (Å²) in [6.07, 6.45) is 4.71. The summed E-state index contributed by atoms with van der Waals surface area (Å²) in [6, 6.07) is 14.6. The van der Waals surface area contributed by atoms with E-state index in [1.54, 1.807) is 6.07 Å². The van der Waals surface area contributed by atoms with Gasteiger partial charge < -0.3 is 14.2 Å². The molecule has 0 radical (unpaired) electrons. The molecule has 2 unspecified atom stereocenters. The minimum Gasteiger partial charge on any atom is -0.490 e. The third-order valence-electron chi connectivity index (χ3n) is 7.76. The van der Waals surface area contributed by atoms with E-state index in [0.717, 1.165) is 32.1 Å². The van der Waals surface area contributed by atoms with Crippen LogP contribution in [-0.4, -0.2) is 30.9 Å². The van der Waals surface area contributed by atoms with E-state index < -0.39 is 6.09 Å². The second-order valence-corrected chi connectivity index (χ2v) is 9.89. The van der Waals surface area contributed by atoms with Crippen molar-refractivity contribution in [3.63, 3.8) is 0 Å². The van der Waals surface area contributed by atoms with Crippen LogP contribution in [0.15, 0.2) is 48.5 Å². The molecule has 0 saturated heterocycles. The molecule has 0 spiro atoms. The van der Waals surface area contributed by atoms with E-state index in [9.17, 15) is 9.18 Å². The van der Waals surface area contributed by atoms with Crippen molar-refractivity contribution in [2.24, 2.45) is 17.8 Å². The molecule has 0 N–H and O–H groups in total. The fourth-order valence-corrected chi connectivity index (χ4v) is 6.64. The van der Waals surface area contributed by atoms with Crippen LogP contribution < -0.4 is 9.64 Å². The van der Waals surface area contributed by atoms with Gasteiger partial charge in [-0.2, -0.15) is 0 Å². The van der Waals surface area contributed by atoms with Crippen LogP contribution >= 0.6 is 0 Å². The highest BCUT2D eigenvalue weighted by Crippen LogP contribution is 2.58. The van der Waals surface area contributed by atoms with Crippen LogP contribution in [0.25, 0.3) is 0 Å². The maximum atomic E-state index is 13.8. The Morgan fingerprint density at radius 3 is 2.66 bits per heavy atom. The minimum absolute atomic E-state index is 0.0904. The van der Waals surface area contributed by atoms with Gasteiger partial charge in [0.1, 0.15) is 24.3 Å². The Hall–Kier alpha value is -2.60. The van der Waals surface area contributed by atoms with Crippen molar-refractivity contribution in [2.75, 3.05) is 18.1 Å². The van der Waals surface area contributed by atoms with Crippen LogP contribution in [0.1, 0.15) is 37.7 Å². The van der Waals surface area contributed by atoms with Crippen LogP contribution in [0.3, 0.4) is 0 Å². The molecule has 2 atom stereocenters. The van der Waals surface area contributed by atoms with E-state index in [-0.39, 0.29) is 17.5 Å². The van der Waals surface area contributed by atoms with Crippen molar-refractivity contribution in [2.45, 2.75) is 50.4 Å². The summed E-state index contributed by atoms with van der Waals surface area (Å²) in [6.45, 7) is 1.38. The molecule has 4 fully saturated rings. The van der Waals surface area contributed by atoms with Crippen LogP contribution in [0.4, 0.5) is 14.9 Å². The number of rotatable bonds is 4. The average Bonchev–Trinajstić information content (AvgIpc) is 2.80. The number of nitrogens with zero attached hydrogens (tertiary/aromatic N) is 1. The van der Waals surface area contributed by atoms with E-state index >= 15 is 0 Å². The zero-order valence-electron chi connectivity index (χ0n) is 18.0. The van der Waals surface area contributed by atoms with Gasteiger partial charge in [0.2, 0.25) is 0 Å². The maximum absolute atomic E-state index is 13.8. The molecule has 0 aromatic heterocycles. The van der Waals surface area contributed by atoms with Gasteiger partial charge in [-0.05, 0) is 67.6 Å². The molecule has 4 aliphatic carbocycles. The van der Waals surface area contributed by atoms with E-state index in [0.29, 0.717) is 48.9 Å². The molecule has 7 rings (SSSR count).